The monoisotopic (exact) mass is 410 g/mol. The number of hydrogen-bond acceptors (Lipinski definition) is 6. The van der Waals surface area contributed by atoms with Gasteiger partial charge in [0.15, 0.2) is 5.16 Å². The minimum absolute atomic E-state index is 0.0276. The van der Waals surface area contributed by atoms with E-state index in [1.165, 1.54) is 11.3 Å². The highest BCUT2D eigenvalue weighted by Crippen LogP contribution is 2.36. The molecule has 0 amide bonds. The maximum absolute atomic E-state index is 12.8. The van der Waals surface area contributed by atoms with Gasteiger partial charge in [0.05, 0.1) is 22.3 Å². The van der Waals surface area contributed by atoms with Gasteiger partial charge in [-0.3, -0.25) is 9.20 Å². The molecule has 0 spiro atoms. The Morgan fingerprint density at radius 2 is 2.15 bits per heavy atom. The number of nitrogens with one attached hydrogen (secondary N) is 1. The molecule has 5 nitrogen and oxygen atoms in total. The molecule has 0 fully saturated rings. The molecule has 5 aromatic rings. The molecule has 134 valence electrons. The van der Waals surface area contributed by atoms with Gasteiger partial charge in [-0.05, 0) is 30.5 Å². The summed E-state index contributed by atoms with van der Waals surface area (Å²) in [7, 11) is 0. The van der Waals surface area contributed by atoms with Gasteiger partial charge >= 0.3 is 0 Å². The third-order valence-electron chi connectivity index (χ3n) is 4.32. The first-order valence-electron chi connectivity index (χ1n) is 8.35. The summed E-state index contributed by atoms with van der Waals surface area (Å²) in [6.45, 7) is 2.03. The Morgan fingerprint density at radius 1 is 1.22 bits per heavy atom. The smallest absolute Gasteiger partial charge is 0.260 e. The van der Waals surface area contributed by atoms with Crippen LogP contribution in [0.25, 0.3) is 26.2 Å². The number of nitrogens with zero attached hydrogens (tertiary/aromatic N) is 3. The molecule has 0 saturated heterocycles. The fraction of sp³-hybridized carbons (Fsp3) is 0.105. The van der Waals surface area contributed by atoms with Crippen LogP contribution in [-0.2, 0) is 0 Å². The van der Waals surface area contributed by atoms with Crippen LogP contribution in [-0.4, -0.2) is 19.4 Å². The van der Waals surface area contributed by atoms with Crippen molar-refractivity contribution >= 4 is 50.2 Å². The molecule has 5 aromatic heterocycles. The van der Waals surface area contributed by atoms with Crippen LogP contribution in [0.5, 0.6) is 0 Å². The van der Waals surface area contributed by atoms with E-state index in [4.69, 9.17) is 4.98 Å². The van der Waals surface area contributed by atoms with Gasteiger partial charge in [-0.15, -0.1) is 22.7 Å². The molecular formula is C19H14N4OS3. The lowest BCUT2D eigenvalue weighted by Gasteiger charge is -2.10. The SMILES string of the molecule is CC(Sc1ncc2ccccn12)c1nc2scc(-c3cccs3)c2c(=O)[nH]1. The highest BCUT2D eigenvalue weighted by atomic mass is 32.2. The first kappa shape index (κ1) is 16.7. The van der Waals surface area contributed by atoms with Crippen LogP contribution in [0, 0.1) is 0 Å². The molecule has 0 aliphatic rings. The first-order valence-corrected chi connectivity index (χ1v) is 11.0. The number of thioether (sulfide) groups is 1. The largest absolute Gasteiger partial charge is 0.309 e. The van der Waals surface area contributed by atoms with Crippen molar-refractivity contribution < 1.29 is 0 Å². The Hall–Kier alpha value is -2.42. The first-order chi connectivity index (χ1) is 13.2. The Kier molecular flexibility index (Phi) is 4.11. The predicted octanol–water partition coefficient (Wildman–Crippen LogP) is 5.21. The molecule has 0 saturated carbocycles. The second kappa shape index (κ2) is 6.63. The quantitative estimate of drug-likeness (QED) is 0.413. The molecule has 27 heavy (non-hydrogen) atoms. The van der Waals surface area contributed by atoms with Crippen LogP contribution in [0.2, 0.25) is 0 Å². The molecule has 0 aliphatic carbocycles. The van der Waals surface area contributed by atoms with E-state index in [0.29, 0.717) is 11.2 Å². The lowest BCUT2D eigenvalue weighted by Crippen LogP contribution is -2.12. The van der Waals surface area contributed by atoms with Gasteiger partial charge in [-0.25, -0.2) is 9.97 Å². The van der Waals surface area contributed by atoms with Crippen molar-refractivity contribution in [1.29, 1.82) is 0 Å². The van der Waals surface area contributed by atoms with Gasteiger partial charge in [-0.1, -0.05) is 23.9 Å². The highest BCUT2D eigenvalue weighted by Gasteiger charge is 2.18. The Bertz CT molecular complexity index is 1300. The molecule has 8 heteroatoms. The summed E-state index contributed by atoms with van der Waals surface area (Å²) >= 11 is 4.72. The molecule has 1 unspecified atom stereocenters. The Labute approximate surface area is 166 Å². The van der Waals surface area contributed by atoms with Crippen LogP contribution < -0.4 is 5.56 Å². The van der Waals surface area contributed by atoms with Crippen molar-refractivity contribution in [3.63, 3.8) is 0 Å². The summed E-state index contributed by atoms with van der Waals surface area (Å²) in [6, 6.07) is 10.0. The lowest BCUT2D eigenvalue weighted by molar-refractivity contribution is 0.899. The number of H-pyrrole nitrogens is 1. The van der Waals surface area contributed by atoms with Crippen molar-refractivity contribution in [3.05, 3.63) is 69.7 Å². The number of hydrogen-bond donors (Lipinski definition) is 1. The zero-order valence-electron chi connectivity index (χ0n) is 14.2. The van der Waals surface area contributed by atoms with Crippen molar-refractivity contribution in [1.82, 2.24) is 19.4 Å². The molecule has 5 rings (SSSR count). The summed E-state index contributed by atoms with van der Waals surface area (Å²) in [5.41, 5.74) is 1.92. The van der Waals surface area contributed by atoms with Crippen molar-refractivity contribution in [3.8, 4) is 10.4 Å². The van der Waals surface area contributed by atoms with Crippen LogP contribution in [0.1, 0.15) is 18.0 Å². The molecular weight excluding hydrogens is 396 g/mol. The minimum atomic E-state index is -0.0833. The standard InChI is InChI=1S/C19H14N4OS3/c1-11(27-19-20-9-12-5-2-3-7-23(12)19)16-21-17(24)15-13(10-26-18(15)22-16)14-6-4-8-25-14/h2-11H,1H3,(H,21,22,24). The summed E-state index contributed by atoms with van der Waals surface area (Å²) in [6.07, 6.45) is 3.84. The zero-order chi connectivity index (χ0) is 18.4. The maximum atomic E-state index is 12.8. The van der Waals surface area contributed by atoms with E-state index in [9.17, 15) is 4.79 Å². The fourth-order valence-electron chi connectivity index (χ4n) is 2.99. The normalized spacial score (nSPS) is 12.8. The van der Waals surface area contributed by atoms with E-state index in [2.05, 4.69) is 9.97 Å². The van der Waals surface area contributed by atoms with E-state index < -0.39 is 0 Å². The van der Waals surface area contributed by atoms with Crippen LogP contribution in [0.4, 0.5) is 0 Å². The summed E-state index contributed by atoms with van der Waals surface area (Å²) in [4.78, 5) is 26.9. The van der Waals surface area contributed by atoms with Crippen LogP contribution in [0.15, 0.2) is 63.4 Å². The fourth-order valence-corrected chi connectivity index (χ4v) is 5.69. The molecule has 5 heterocycles. The van der Waals surface area contributed by atoms with Crippen molar-refractivity contribution in [2.75, 3.05) is 0 Å². The van der Waals surface area contributed by atoms with Gasteiger partial charge in [-0.2, -0.15) is 0 Å². The van der Waals surface area contributed by atoms with E-state index >= 15 is 0 Å². The zero-order valence-corrected chi connectivity index (χ0v) is 16.7. The molecule has 0 aliphatic heterocycles. The number of aromatic nitrogens is 4. The topological polar surface area (TPSA) is 63.1 Å². The molecule has 0 radical (unpaired) electrons. The van der Waals surface area contributed by atoms with Crippen molar-refractivity contribution in [2.45, 2.75) is 17.3 Å². The number of fused-ring (bicyclic) bond motifs is 2. The third-order valence-corrected chi connectivity index (χ3v) is 7.19. The van der Waals surface area contributed by atoms with Gasteiger partial charge in [0.2, 0.25) is 0 Å². The van der Waals surface area contributed by atoms with Gasteiger partial charge < -0.3 is 4.98 Å². The third kappa shape index (κ3) is 2.90. The van der Waals surface area contributed by atoms with E-state index in [1.54, 1.807) is 23.1 Å². The summed E-state index contributed by atoms with van der Waals surface area (Å²) in [5.74, 6) is 0.671. The average Bonchev–Trinajstić information content (AvgIpc) is 3.41. The highest BCUT2D eigenvalue weighted by molar-refractivity contribution is 7.99. The number of imidazole rings is 1. The van der Waals surface area contributed by atoms with Crippen molar-refractivity contribution in [2.24, 2.45) is 0 Å². The average molecular weight is 411 g/mol. The van der Waals surface area contributed by atoms with Gasteiger partial charge in [0.25, 0.3) is 5.56 Å². The number of aromatic amines is 1. The number of rotatable bonds is 4. The van der Waals surface area contributed by atoms with Gasteiger partial charge in [0.1, 0.15) is 10.7 Å². The Balaban J connectivity index is 1.52. The predicted molar refractivity (Wildman–Crippen MR) is 113 cm³/mol. The number of pyridine rings is 1. The lowest BCUT2D eigenvalue weighted by atomic mass is 10.2. The van der Waals surface area contributed by atoms with E-state index in [0.717, 1.165) is 25.9 Å². The second-order valence-corrected chi connectivity index (χ2v) is 9.17. The van der Waals surface area contributed by atoms with Gasteiger partial charge in [0, 0.05) is 22.0 Å². The summed E-state index contributed by atoms with van der Waals surface area (Å²) < 4.78 is 2.04. The minimum Gasteiger partial charge on any atom is -0.309 e. The maximum Gasteiger partial charge on any atom is 0.260 e. The molecule has 1 N–H and O–H groups in total. The van der Waals surface area contributed by atoms with Crippen LogP contribution >= 0.6 is 34.4 Å². The molecule has 0 bridgehead atoms. The molecule has 0 aromatic carbocycles. The molecule has 1 atom stereocenters. The van der Waals surface area contributed by atoms with E-state index in [-0.39, 0.29) is 10.8 Å². The van der Waals surface area contributed by atoms with Crippen LogP contribution in [0.3, 0.4) is 0 Å². The number of thiophene rings is 2. The van der Waals surface area contributed by atoms with E-state index in [1.807, 2.05) is 64.8 Å². The second-order valence-electron chi connectivity index (χ2n) is 6.05. The Morgan fingerprint density at radius 3 is 3.00 bits per heavy atom. The summed E-state index contributed by atoms with van der Waals surface area (Å²) in [5, 5.41) is 5.56.